The lowest BCUT2D eigenvalue weighted by atomic mass is 10.1. The highest BCUT2D eigenvalue weighted by molar-refractivity contribution is 9.10. The van der Waals surface area contributed by atoms with Gasteiger partial charge in [-0.2, -0.15) is 0 Å². The fourth-order valence-corrected chi connectivity index (χ4v) is 4.24. The van der Waals surface area contributed by atoms with Crippen LogP contribution in [-0.2, 0) is 17.8 Å². The Balaban J connectivity index is 1.56. The predicted octanol–water partition coefficient (Wildman–Crippen LogP) is 5.57. The Bertz CT molecular complexity index is 879. The first-order valence-corrected chi connectivity index (χ1v) is 10.2. The van der Waals surface area contributed by atoms with Crippen LogP contribution >= 0.6 is 27.3 Å². The van der Waals surface area contributed by atoms with Gasteiger partial charge in [0, 0.05) is 29.5 Å². The first-order valence-electron chi connectivity index (χ1n) is 8.63. The second-order valence-corrected chi connectivity index (χ2v) is 8.10. The molecule has 6 heteroatoms. The maximum atomic E-state index is 13.9. The van der Waals surface area contributed by atoms with Crippen molar-refractivity contribution < 1.29 is 9.18 Å². The Morgan fingerprint density at radius 3 is 2.85 bits per heavy atom. The predicted molar refractivity (Wildman–Crippen MR) is 108 cm³/mol. The molecular weight excluding hydrogens is 415 g/mol. The van der Waals surface area contributed by atoms with Crippen molar-refractivity contribution in [2.75, 3.05) is 6.54 Å². The summed E-state index contributed by atoms with van der Waals surface area (Å²) in [5, 5.41) is 1.06. The van der Waals surface area contributed by atoms with E-state index in [0.29, 0.717) is 25.1 Å². The Labute approximate surface area is 165 Å². The highest BCUT2D eigenvalue weighted by Gasteiger charge is 2.15. The van der Waals surface area contributed by atoms with Gasteiger partial charge < -0.3 is 4.90 Å². The van der Waals surface area contributed by atoms with Gasteiger partial charge in [0.15, 0.2) is 0 Å². The average Bonchev–Trinajstić information content (AvgIpc) is 3.05. The number of thiazole rings is 1. The molecule has 0 aliphatic rings. The molecule has 3 rings (SSSR count). The average molecular weight is 435 g/mol. The van der Waals surface area contributed by atoms with Crippen molar-refractivity contribution in [1.82, 2.24) is 9.88 Å². The monoisotopic (exact) mass is 434 g/mol. The van der Waals surface area contributed by atoms with Gasteiger partial charge in [-0.1, -0.05) is 28.1 Å². The molecule has 0 saturated heterocycles. The van der Waals surface area contributed by atoms with Gasteiger partial charge >= 0.3 is 0 Å². The van der Waals surface area contributed by atoms with Gasteiger partial charge in [0.05, 0.1) is 15.2 Å². The third-order valence-electron chi connectivity index (χ3n) is 4.22. The molecule has 0 aliphatic carbocycles. The SMILES string of the molecule is CCN(Cc1cc(Br)ccc1F)C(=O)CCCc1nc2ccccc2s1. The minimum Gasteiger partial charge on any atom is -0.339 e. The van der Waals surface area contributed by atoms with Crippen LogP contribution in [0.25, 0.3) is 10.2 Å². The van der Waals surface area contributed by atoms with Gasteiger partial charge in [-0.05, 0) is 50.1 Å². The van der Waals surface area contributed by atoms with Crippen molar-refractivity contribution >= 4 is 43.4 Å². The first-order chi connectivity index (χ1) is 12.6. The smallest absolute Gasteiger partial charge is 0.222 e. The van der Waals surface area contributed by atoms with E-state index in [1.165, 1.54) is 10.8 Å². The van der Waals surface area contributed by atoms with Crippen molar-refractivity contribution in [1.29, 1.82) is 0 Å². The number of carbonyl (C=O) groups excluding carboxylic acids is 1. The summed E-state index contributed by atoms with van der Waals surface area (Å²) in [6.45, 7) is 2.77. The highest BCUT2D eigenvalue weighted by Crippen LogP contribution is 2.23. The normalized spacial score (nSPS) is 11.0. The van der Waals surface area contributed by atoms with Gasteiger partial charge in [0.25, 0.3) is 0 Å². The minimum absolute atomic E-state index is 0.0491. The van der Waals surface area contributed by atoms with Crippen LogP contribution in [0.2, 0.25) is 0 Å². The molecule has 0 N–H and O–H groups in total. The number of carbonyl (C=O) groups is 1. The summed E-state index contributed by atoms with van der Waals surface area (Å²) in [6.07, 6.45) is 1.98. The topological polar surface area (TPSA) is 33.2 Å². The Kier molecular flexibility index (Phi) is 6.38. The molecule has 1 amide bonds. The second kappa shape index (κ2) is 8.73. The lowest BCUT2D eigenvalue weighted by Crippen LogP contribution is -2.30. The molecule has 0 aliphatic heterocycles. The minimum atomic E-state index is -0.283. The Morgan fingerprint density at radius 1 is 1.27 bits per heavy atom. The number of nitrogens with zero attached hydrogens (tertiary/aromatic N) is 2. The number of rotatable bonds is 7. The molecule has 0 saturated carbocycles. The van der Waals surface area contributed by atoms with Crippen LogP contribution in [0, 0.1) is 5.82 Å². The van der Waals surface area contributed by atoms with E-state index in [1.54, 1.807) is 28.4 Å². The molecule has 0 spiro atoms. The molecule has 0 unspecified atom stereocenters. The van der Waals surface area contributed by atoms with Gasteiger partial charge in [-0.15, -0.1) is 11.3 Å². The number of aryl methyl sites for hydroxylation is 1. The summed E-state index contributed by atoms with van der Waals surface area (Å²) >= 11 is 5.03. The number of fused-ring (bicyclic) bond motifs is 1. The molecule has 3 nitrogen and oxygen atoms in total. The summed E-state index contributed by atoms with van der Waals surface area (Å²) in [4.78, 5) is 18.8. The van der Waals surface area contributed by atoms with Gasteiger partial charge in [-0.25, -0.2) is 9.37 Å². The van der Waals surface area contributed by atoms with Crippen LogP contribution in [0.5, 0.6) is 0 Å². The van der Waals surface area contributed by atoms with E-state index in [4.69, 9.17) is 0 Å². The molecule has 136 valence electrons. The molecule has 26 heavy (non-hydrogen) atoms. The zero-order valence-electron chi connectivity index (χ0n) is 14.5. The maximum absolute atomic E-state index is 13.9. The third kappa shape index (κ3) is 4.68. The summed E-state index contributed by atoms with van der Waals surface area (Å²) in [7, 11) is 0. The standard InChI is InChI=1S/C20H20BrFN2OS/c1-2-24(13-14-12-15(21)10-11-16(14)22)20(25)9-5-8-19-23-17-6-3-4-7-18(17)26-19/h3-4,6-7,10-12H,2,5,8-9,13H2,1H3. The summed E-state index contributed by atoms with van der Waals surface area (Å²) in [6, 6.07) is 12.9. The Hall–Kier alpha value is -1.79. The van der Waals surface area contributed by atoms with Crippen LogP contribution in [0.15, 0.2) is 46.9 Å². The lowest BCUT2D eigenvalue weighted by Gasteiger charge is -2.21. The molecule has 0 fully saturated rings. The summed E-state index contributed by atoms with van der Waals surface area (Å²) in [5.74, 6) is -0.234. The second-order valence-electron chi connectivity index (χ2n) is 6.07. The van der Waals surface area contributed by atoms with Gasteiger partial charge in [0.2, 0.25) is 5.91 Å². The number of hydrogen-bond acceptors (Lipinski definition) is 3. The Morgan fingerprint density at radius 2 is 2.08 bits per heavy atom. The zero-order chi connectivity index (χ0) is 18.5. The van der Waals surface area contributed by atoms with E-state index >= 15 is 0 Å². The number of benzene rings is 2. The van der Waals surface area contributed by atoms with Crippen LogP contribution in [0.4, 0.5) is 4.39 Å². The molecule has 1 aromatic heterocycles. The number of para-hydroxylation sites is 1. The summed E-state index contributed by atoms with van der Waals surface area (Å²) < 4.78 is 15.9. The van der Waals surface area contributed by atoms with E-state index in [9.17, 15) is 9.18 Å². The number of halogens is 2. The van der Waals surface area contributed by atoms with Crippen molar-refractivity contribution in [3.05, 3.63) is 63.3 Å². The molecule has 0 radical (unpaired) electrons. The maximum Gasteiger partial charge on any atom is 0.222 e. The number of hydrogen-bond donors (Lipinski definition) is 0. The van der Waals surface area contributed by atoms with E-state index in [2.05, 4.69) is 27.0 Å². The van der Waals surface area contributed by atoms with Crippen molar-refractivity contribution in [3.8, 4) is 0 Å². The fourth-order valence-electron chi connectivity index (χ4n) is 2.82. The lowest BCUT2D eigenvalue weighted by molar-refractivity contribution is -0.131. The molecule has 0 bridgehead atoms. The molecule has 2 aromatic carbocycles. The van der Waals surface area contributed by atoms with E-state index in [1.807, 2.05) is 25.1 Å². The molecular formula is C20H20BrFN2OS. The number of amides is 1. The third-order valence-corrected chi connectivity index (χ3v) is 5.81. The van der Waals surface area contributed by atoms with Crippen LogP contribution in [-0.4, -0.2) is 22.3 Å². The zero-order valence-corrected chi connectivity index (χ0v) is 16.9. The fraction of sp³-hybridized carbons (Fsp3) is 0.300. The quantitative estimate of drug-likeness (QED) is 0.486. The van der Waals surface area contributed by atoms with Gasteiger partial charge in [0.1, 0.15) is 5.82 Å². The molecule has 3 aromatic rings. The van der Waals surface area contributed by atoms with E-state index in [0.717, 1.165) is 27.8 Å². The van der Waals surface area contributed by atoms with Crippen LogP contribution < -0.4 is 0 Å². The first kappa shape index (κ1) is 19.0. The largest absolute Gasteiger partial charge is 0.339 e. The van der Waals surface area contributed by atoms with Crippen molar-refractivity contribution in [2.45, 2.75) is 32.7 Å². The van der Waals surface area contributed by atoms with Crippen molar-refractivity contribution in [2.24, 2.45) is 0 Å². The number of aromatic nitrogens is 1. The van der Waals surface area contributed by atoms with Crippen LogP contribution in [0.1, 0.15) is 30.3 Å². The highest BCUT2D eigenvalue weighted by atomic mass is 79.9. The van der Waals surface area contributed by atoms with Crippen LogP contribution in [0.3, 0.4) is 0 Å². The molecule has 1 heterocycles. The van der Waals surface area contributed by atoms with Crippen molar-refractivity contribution in [3.63, 3.8) is 0 Å². The van der Waals surface area contributed by atoms with E-state index < -0.39 is 0 Å². The molecule has 0 atom stereocenters. The van der Waals surface area contributed by atoms with Gasteiger partial charge in [-0.3, -0.25) is 4.79 Å². The van der Waals surface area contributed by atoms with E-state index in [-0.39, 0.29) is 11.7 Å². The summed E-state index contributed by atoms with van der Waals surface area (Å²) in [5.41, 5.74) is 1.54.